The molecule has 5 heteroatoms. The zero-order chi connectivity index (χ0) is 20.6. The molecule has 30 heavy (non-hydrogen) atoms. The van der Waals surface area contributed by atoms with Crippen LogP contribution in [0.25, 0.3) is 11.0 Å². The van der Waals surface area contributed by atoms with Crippen LogP contribution in [0, 0.1) is 0 Å². The van der Waals surface area contributed by atoms with Gasteiger partial charge in [-0.2, -0.15) is 0 Å². The van der Waals surface area contributed by atoms with Gasteiger partial charge in [0.25, 0.3) is 0 Å². The van der Waals surface area contributed by atoms with E-state index >= 15 is 0 Å². The molecule has 2 aromatic heterocycles. The van der Waals surface area contributed by atoms with E-state index in [1.807, 2.05) is 18.2 Å². The van der Waals surface area contributed by atoms with E-state index in [9.17, 15) is 0 Å². The van der Waals surface area contributed by atoms with Crippen molar-refractivity contribution in [3.05, 3.63) is 130 Å². The van der Waals surface area contributed by atoms with Crippen LogP contribution in [-0.2, 0) is 5.54 Å². The van der Waals surface area contributed by atoms with Crippen molar-refractivity contribution in [2.75, 3.05) is 0 Å². The lowest BCUT2D eigenvalue weighted by Gasteiger charge is -2.38. The van der Waals surface area contributed by atoms with Crippen molar-refractivity contribution in [1.29, 1.82) is 0 Å². The van der Waals surface area contributed by atoms with Crippen molar-refractivity contribution < 1.29 is 0 Å². The molecule has 0 saturated heterocycles. The Morgan fingerprint density at radius 3 is 1.67 bits per heavy atom. The van der Waals surface area contributed by atoms with Gasteiger partial charge in [-0.1, -0.05) is 91.0 Å². The first-order valence-electron chi connectivity index (χ1n) is 9.57. The highest BCUT2D eigenvalue weighted by Gasteiger charge is 2.39. The molecule has 5 rings (SSSR count). The van der Waals surface area contributed by atoms with Gasteiger partial charge in [-0.25, -0.2) is 9.97 Å². The summed E-state index contributed by atoms with van der Waals surface area (Å²) < 4.78 is 3.11. The summed E-state index contributed by atoms with van der Waals surface area (Å²) >= 11 is 9.81. The quantitative estimate of drug-likeness (QED) is 0.215. The van der Waals surface area contributed by atoms with Crippen molar-refractivity contribution in [1.82, 2.24) is 14.5 Å². The number of aromatic nitrogens is 3. The summed E-state index contributed by atoms with van der Waals surface area (Å²) in [7, 11) is 0. The monoisotopic (exact) mass is 473 g/mol. The average molecular weight is 475 g/mol. The van der Waals surface area contributed by atoms with Crippen LogP contribution in [0.4, 0.5) is 0 Å². The van der Waals surface area contributed by atoms with Crippen LogP contribution in [0.5, 0.6) is 0 Å². The maximum Gasteiger partial charge on any atom is 0.223 e. The summed E-state index contributed by atoms with van der Waals surface area (Å²) in [5, 5.41) is 0.227. The lowest BCUT2D eigenvalue weighted by Crippen LogP contribution is -2.37. The van der Waals surface area contributed by atoms with Gasteiger partial charge in [-0.05, 0) is 44.2 Å². The van der Waals surface area contributed by atoms with Crippen LogP contribution in [0.3, 0.4) is 0 Å². The normalized spacial score (nSPS) is 11.7. The average Bonchev–Trinajstić information content (AvgIpc) is 3.12. The maximum absolute atomic E-state index is 6.11. The molecule has 3 aromatic carbocycles. The Hall–Kier alpha value is -2.95. The fraction of sp³-hybridized carbons (Fsp3) is 0.0400. The summed E-state index contributed by atoms with van der Waals surface area (Å²) in [4.78, 5) is 8.77. The van der Waals surface area contributed by atoms with Crippen molar-refractivity contribution in [3.8, 4) is 0 Å². The SMILES string of the molecule is Clc1ncc2c(n1)c(Br)cn2C(c1ccccc1)(c1ccccc1)c1ccccc1. The minimum absolute atomic E-state index is 0.227. The Morgan fingerprint density at radius 1 is 0.733 bits per heavy atom. The Labute approximate surface area is 188 Å². The van der Waals surface area contributed by atoms with Gasteiger partial charge in [0.15, 0.2) is 0 Å². The van der Waals surface area contributed by atoms with Crippen molar-refractivity contribution >= 4 is 38.6 Å². The zero-order valence-corrected chi connectivity index (χ0v) is 18.3. The highest BCUT2D eigenvalue weighted by atomic mass is 79.9. The molecule has 0 bridgehead atoms. The van der Waals surface area contributed by atoms with E-state index in [1.165, 1.54) is 0 Å². The number of halogens is 2. The summed E-state index contributed by atoms with van der Waals surface area (Å²) in [6.45, 7) is 0. The molecule has 0 aliphatic heterocycles. The Balaban J connectivity index is 1.98. The van der Waals surface area contributed by atoms with Crippen LogP contribution < -0.4 is 0 Å². The summed E-state index contributed by atoms with van der Waals surface area (Å²) in [6, 6.07) is 31.5. The minimum atomic E-state index is -0.620. The summed E-state index contributed by atoms with van der Waals surface area (Å²) in [5.41, 5.74) is 4.47. The van der Waals surface area contributed by atoms with Gasteiger partial charge in [0, 0.05) is 6.20 Å². The van der Waals surface area contributed by atoms with Crippen LogP contribution in [0.2, 0.25) is 5.28 Å². The third kappa shape index (κ3) is 2.95. The predicted octanol–water partition coefficient (Wildman–Crippen LogP) is 6.69. The smallest absolute Gasteiger partial charge is 0.223 e. The second-order valence-corrected chi connectivity index (χ2v) is 8.22. The van der Waals surface area contributed by atoms with Crippen LogP contribution in [0.15, 0.2) is 108 Å². The standard InChI is InChI=1S/C25H17BrClN3/c26-21-17-30(22-16-28-24(27)29-23(21)22)25(18-10-4-1-5-11-18,19-12-6-2-7-13-19)20-14-8-3-9-15-20/h1-17H. The Bertz CT molecular complexity index is 1210. The first-order chi connectivity index (χ1) is 14.7. The number of rotatable bonds is 4. The number of hydrogen-bond donors (Lipinski definition) is 0. The molecule has 0 N–H and O–H groups in total. The molecule has 0 amide bonds. The van der Waals surface area contributed by atoms with Crippen LogP contribution in [0.1, 0.15) is 16.7 Å². The van der Waals surface area contributed by atoms with Gasteiger partial charge >= 0.3 is 0 Å². The number of hydrogen-bond acceptors (Lipinski definition) is 2. The maximum atomic E-state index is 6.11. The minimum Gasteiger partial charge on any atom is -0.325 e. The molecule has 0 saturated carbocycles. The number of fused-ring (bicyclic) bond motifs is 1. The first-order valence-corrected chi connectivity index (χ1v) is 10.7. The van der Waals surface area contributed by atoms with E-state index in [1.54, 1.807) is 6.20 Å². The van der Waals surface area contributed by atoms with Gasteiger partial charge in [-0.3, -0.25) is 0 Å². The highest BCUT2D eigenvalue weighted by molar-refractivity contribution is 9.10. The van der Waals surface area contributed by atoms with Crippen molar-refractivity contribution in [2.24, 2.45) is 0 Å². The van der Waals surface area contributed by atoms with Crippen LogP contribution in [-0.4, -0.2) is 14.5 Å². The second kappa shape index (κ2) is 7.71. The largest absolute Gasteiger partial charge is 0.325 e. The van der Waals surface area contributed by atoms with E-state index in [4.69, 9.17) is 11.6 Å². The van der Waals surface area contributed by atoms with Gasteiger partial charge in [0.05, 0.1) is 16.2 Å². The molecule has 0 aliphatic rings. The predicted molar refractivity (Wildman–Crippen MR) is 125 cm³/mol. The molecular formula is C25H17BrClN3. The molecule has 0 unspecified atom stereocenters. The van der Waals surface area contributed by atoms with Gasteiger partial charge in [0.1, 0.15) is 11.1 Å². The lowest BCUT2D eigenvalue weighted by atomic mass is 9.76. The van der Waals surface area contributed by atoms with E-state index < -0.39 is 5.54 Å². The van der Waals surface area contributed by atoms with E-state index in [0.29, 0.717) is 0 Å². The number of nitrogens with zero attached hydrogens (tertiary/aromatic N) is 3. The van der Waals surface area contributed by atoms with Crippen LogP contribution >= 0.6 is 27.5 Å². The van der Waals surface area contributed by atoms with Gasteiger partial charge < -0.3 is 4.57 Å². The van der Waals surface area contributed by atoms with Crippen molar-refractivity contribution in [2.45, 2.75) is 5.54 Å². The van der Waals surface area contributed by atoms with E-state index in [-0.39, 0.29) is 5.28 Å². The molecule has 0 radical (unpaired) electrons. The van der Waals surface area contributed by atoms with Gasteiger partial charge in [0.2, 0.25) is 5.28 Å². The van der Waals surface area contributed by atoms with E-state index in [2.05, 4.69) is 109 Å². The second-order valence-electron chi connectivity index (χ2n) is 7.03. The molecule has 0 spiro atoms. The molecule has 2 heterocycles. The lowest BCUT2D eigenvalue weighted by molar-refractivity contribution is 0.532. The zero-order valence-electron chi connectivity index (χ0n) is 15.9. The third-order valence-electron chi connectivity index (χ3n) is 5.40. The topological polar surface area (TPSA) is 30.7 Å². The Kier molecular flexibility index (Phi) is 4.89. The van der Waals surface area contributed by atoms with E-state index in [0.717, 1.165) is 32.2 Å². The third-order valence-corrected chi connectivity index (χ3v) is 6.17. The summed E-state index contributed by atoms with van der Waals surface area (Å²) in [6.07, 6.45) is 3.86. The molecular weight excluding hydrogens is 458 g/mol. The van der Waals surface area contributed by atoms with Crippen molar-refractivity contribution in [3.63, 3.8) is 0 Å². The Morgan fingerprint density at radius 2 is 1.20 bits per heavy atom. The molecule has 0 fully saturated rings. The summed E-state index contributed by atoms with van der Waals surface area (Å²) in [5.74, 6) is 0. The molecule has 0 atom stereocenters. The molecule has 146 valence electrons. The molecule has 3 nitrogen and oxygen atoms in total. The highest BCUT2D eigenvalue weighted by Crippen LogP contribution is 2.44. The number of benzene rings is 3. The fourth-order valence-corrected chi connectivity index (χ4v) is 4.81. The first kappa shape index (κ1) is 19.0. The van der Waals surface area contributed by atoms with Gasteiger partial charge in [-0.15, -0.1) is 0 Å². The molecule has 5 aromatic rings. The molecule has 0 aliphatic carbocycles. The fourth-order valence-electron chi connectivity index (χ4n) is 4.18.